The van der Waals surface area contributed by atoms with Gasteiger partial charge in [-0.05, 0) is 30.3 Å². The molecule has 0 spiro atoms. The molecule has 0 amide bonds. The van der Waals surface area contributed by atoms with E-state index < -0.39 is 10.0 Å². The molecule has 0 atom stereocenters. The van der Waals surface area contributed by atoms with Gasteiger partial charge < -0.3 is 9.64 Å². The molecule has 2 heterocycles. The highest BCUT2D eigenvalue weighted by molar-refractivity contribution is 7.89. The molecule has 0 N–H and O–H groups in total. The van der Waals surface area contributed by atoms with Crippen LogP contribution in [0.3, 0.4) is 0 Å². The van der Waals surface area contributed by atoms with Gasteiger partial charge in [-0.2, -0.15) is 4.31 Å². The Kier molecular flexibility index (Phi) is 5.90. The normalized spacial score (nSPS) is 15.2. The molecule has 9 heteroatoms. The van der Waals surface area contributed by atoms with Gasteiger partial charge in [0.05, 0.1) is 12.8 Å². The van der Waals surface area contributed by atoms with Crippen LogP contribution in [0, 0.1) is 0 Å². The summed E-state index contributed by atoms with van der Waals surface area (Å²) in [5.41, 5.74) is 1.80. The summed E-state index contributed by atoms with van der Waals surface area (Å²) in [5.74, 6) is 1.01. The number of nitrogens with zero attached hydrogens (tertiary/aromatic N) is 4. The molecule has 0 saturated carbocycles. The second-order valence-corrected chi connectivity index (χ2v) is 9.17. The summed E-state index contributed by atoms with van der Waals surface area (Å²) in [6, 6.07) is 18.3. The smallest absolute Gasteiger partial charge is 0.246 e. The average molecular weight is 445 g/mol. The van der Waals surface area contributed by atoms with Gasteiger partial charge in [-0.3, -0.25) is 0 Å². The first-order valence-electron chi connectivity index (χ1n) is 9.47. The fourth-order valence-electron chi connectivity index (χ4n) is 3.41. The Morgan fingerprint density at radius 2 is 1.67 bits per heavy atom. The quantitative estimate of drug-likeness (QED) is 0.601. The molecular weight excluding hydrogens is 424 g/mol. The topological polar surface area (TPSA) is 75.6 Å². The highest BCUT2D eigenvalue weighted by Crippen LogP contribution is 2.30. The van der Waals surface area contributed by atoms with Crippen molar-refractivity contribution in [2.75, 3.05) is 38.2 Å². The third-order valence-electron chi connectivity index (χ3n) is 5.03. The average Bonchev–Trinajstić information content (AvgIpc) is 2.80. The predicted octanol–water partition coefficient (Wildman–Crippen LogP) is 3.32. The standard InChI is InChI=1S/C21H21ClN4O3S/c1-29-19-9-7-17(22)15-20(19)30(27,28)26-13-11-25(12-14-26)21-10-8-18(23-24-21)16-5-3-2-4-6-16/h2-10,15H,11-14H2,1H3. The molecule has 1 aliphatic rings. The van der Waals surface area contributed by atoms with Crippen molar-refractivity contribution in [1.82, 2.24) is 14.5 Å². The van der Waals surface area contributed by atoms with E-state index in [0.29, 0.717) is 31.2 Å². The number of benzene rings is 2. The first kappa shape index (κ1) is 20.6. The molecule has 2 aromatic carbocycles. The highest BCUT2D eigenvalue weighted by atomic mass is 35.5. The third-order valence-corrected chi connectivity index (χ3v) is 7.18. The summed E-state index contributed by atoms with van der Waals surface area (Å²) in [4.78, 5) is 2.11. The zero-order valence-electron chi connectivity index (χ0n) is 16.4. The Bertz CT molecular complexity index is 1120. The number of ether oxygens (including phenoxy) is 1. The second kappa shape index (κ2) is 8.59. The zero-order chi connectivity index (χ0) is 21.1. The molecule has 30 heavy (non-hydrogen) atoms. The summed E-state index contributed by atoms with van der Waals surface area (Å²) in [6.45, 7) is 1.70. The molecule has 1 fully saturated rings. The predicted molar refractivity (Wildman–Crippen MR) is 116 cm³/mol. The second-order valence-electron chi connectivity index (χ2n) is 6.83. The fraction of sp³-hybridized carbons (Fsp3) is 0.238. The van der Waals surface area contributed by atoms with Crippen LogP contribution in [0.2, 0.25) is 5.02 Å². The van der Waals surface area contributed by atoms with Crippen molar-refractivity contribution in [3.8, 4) is 17.0 Å². The number of hydrogen-bond acceptors (Lipinski definition) is 6. The van der Waals surface area contributed by atoms with Crippen LogP contribution in [0.15, 0.2) is 65.6 Å². The lowest BCUT2D eigenvalue weighted by molar-refractivity contribution is 0.373. The van der Waals surface area contributed by atoms with Crippen LogP contribution in [-0.4, -0.2) is 56.2 Å². The van der Waals surface area contributed by atoms with E-state index in [4.69, 9.17) is 16.3 Å². The Balaban J connectivity index is 1.47. The number of aromatic nitrogens is 2. The first-order chi connectivity index (χ1) is 14.5. The third kappa shape index (κ3) is 4.12. The van der Waals surface area contributed by atoms with Crippen molar-refractivity contribution in [2.45, 2.75) is 4.90 Å². The van der Waals surface area contributed by atoms with E-state index in [9.17, 15) is 8.42 Å². The van der Waals surface area contributed by atoms with E-state index in [-0.39, 0.29) is 10.6 Å². The van der Waals surface area contributed by atoms with E-state index in [1.807, 2.05) is 47.4 Å². The van der Waals surface area contributed by atoms with Crippen LogP contribution >= 0.6 is 11.6 Å². The van der Waals surface area contributed by atoms with Gasteiger partial charge in [0.15, 0.2) is 5.82 Å². The fourth-order valence-corrected chi connectivity index (χ4v) is 5.25. The summed E-state index contributed by atoms with van der Waals surface area (Å²) < 4.78 is 32.9. The Morgan fingerprint density at radius 3 is 2.30 bits per heavy atom. The molecule has 0 aliphatic carbocycles. The molecular formula is C21H21ClN4O3S. The van der Waals surface area contributed by atoms with Gasteiger partial charge in [-0.1, -0.05) is 41.9 Å². The molecule has 1 saturated heterocycles. The maximum Gasteiger partial charge on any atom is 0.246 e. The van der Waals surface area contributed by atoms with Crippen molar-refractivity contribution in [1.29, 1.82) is 0 Å². The molecule has 0 bridgehead atoms. The van der Waals surface area contributed by atoms with Crippen molar-refractivity contribution in [3.05, 3.63) is 65.7 Å². The van der Waals surface area contributed by atoms with Crippen LogP contribution in [0.25, 0.3) is 11.3 Å². The SMILES string of the molecule is COc1ccc(Cl)cc1S(=O)(=O)N1CCN(c2ccc(-c3ccccc3)nn2)CC1. The van der Waals surface area contributed by atoms with Gasteiger partial charge in [0.25, 0.3) is 0 Å². The van der Waals surface area contributed by atoms with Gasteiger partial charge in [0.1, 0.15) is 10.6 Å². The van der Waals surface area contributed by atoms with Crippen molar-refractivity contribution < 1.29 is 13.2 Å². The molecule has 0 unspecified atom stereocenters. The first-order valence-corrected chi connectivity index (χ1v) is 11.3. The maximum absolute atomic E-state index is 13.1. The van der Waals surface area contributed by atoms with Crippen molar-refractivity contribution >= 4 is 27.4 Å². The molecule has 7 nitrogen and oxygen atoms in total. The Labute approximate surface area is 180 Å². The van der Waals surface area contributed by atoms with Crippen LogP contribution in [0.1, 0.15) is 0 Å². The van der Waals surface area contributed by atoms with E-state index in [1.165, 1.54) is 17.5 Å². The van der Waals surface area contributed by atoms with Gasteiger partial charge in [-0.25, -0.2) is 8.42 Å². The monoisotopic (exact) mass is 444 g/mol. The van der Waals surface area contributed by atoms with E-state index >= 15 is 0 Å². The maximum atomic E-state index is 13.1. The minimum absolute atomic E-state index is 0.0814. The Morgan fingerprint density at radius 1 is 0.933 bits per heavy atom. The van der Waals surface area contributed by atoms with E-state index in [0.717, 1.165) is 17.1 Å². The van der Waals surface area contributed by atoms with Crippen LogP contribution in [0.5, 0.6) is 5.75 Å². The number of rotatable bonds is 5. The lowest BCUT2D eigenvalue weighted by atomic mass is 10.1. The van der Waals surface area contributed by atoms with Crippen molar-refractivity contribution in [3.63, 3.8) is 0 Å². The summed E-state index contributed by atoms with van der Waals surface area (Å²) >= 11 is 6.02. The molecule has 4 rings (SSSR count). The molecule has 156 valence electrons. The molecule has 1 aliphatic heterocycles. The van der Waals surface area contributed by atoms with Gasteiger partial charge in [0, 0.05) is 36.8 Å². The zero-order valence-corrected chi connectivity index (χ0v) is 18.0. The summed E-state index contributed by atoms with van der Waals surface area (Å²) in [7, 11) is -2.27. The molecule has 3 aromatic rings. The minimum Gasteiger partial charge on any atom is -0.495 e. The molecule has 0 radical (unpaired) electrons. The van der Waals surface area contributed by atoms with Crippen LogP contribution in [-0.2, 0) is 10.0 Å². The lowest BCUT2D eigenvalue weighted by Crippen LogP contribution is -2.49. The minimum atomic E-state index is -3.71. The number of sulfonamides is 1. The van der Waals surface area contributed by atoms with E-state index in [2.05, 4.69) is 10.2 Å². The number of anilines is 1. The van der Waals surface area contributed by atoms with Crippen LogP contribution < -0.4 is 9.64 Å². The van der Waals surface area contributed by atoms with E-state index in [1.54, 1.807) is 12.1 Å². The largest absolute Gasteiger partial charge is 0.495 e. The lowest BCUT2D eigenvalue weighted by Gasteiger charge is -2.34. The number of piperazine rings is 1. The van der Waals surface area contributed by atoms with Gasteiger partial charge in [-0.15, -0.1) is 10.2 Å². The molecule has 1 aromatic heterocycles. The van der Waals surface area contributed by atoms with Gasteiger partial charge in [0.2, 0.25) is 10.0 Å². The van der Waals surface area contributed by atoms with Crippen LogP contribution in [0.4, 0.5) is 5.82 Å². The number of methoxy groups -OCH3 is 1. The highest BCUT2D eigenvalue weighted by Gasteiger charge is 2.31. The summed E-state index contributed by atoms with van der Waals surface area (Å²) in [6.07, 6.45) is 0. The summed E-state index contributed by atoms with van der Waals surface area (Å²) in [5, 5.41) is 9.00. The Hall–Kier alpha value is -2.68. The van der Waals surface area contributed by atoms with Crippen molar-refractivity contribution in [2.24, 2.45) is 0 Å². The van der Waals surface area contributed by atoms with Gasteiger partial charge >= 0.3 is 0 Å². The number of hydrogen-bond donors (Lipinski definition) is 0. The number of halogens is 1.